The second kappa shape index (κ2) is 7.46. The molecule has 9 heteroatoms. The van der Waals surface area contributed by atoms with Crippen LogP contribution in [0.5, 0.6) is 0 Å². The lowest BCUT2D eigenvalue weighted by Gasteiger charge is -2.28. The predicted octanol–water partition coefficient (Wildman–Crippen LogP) is 1.70. The first kappa shape index (κ1) is 19.0. The number of nitrogens with zero attached hydrogens (tertiary/aromatic N) is 1. The molecule has 128 valence electrons. The smallest absolute Gasteiger partial charge is 0.448 e. The lowest BCUT2D eigenvalue weighted by Crippen LogP contribution is -2.64. The number of esters is 1. The van der Waals surface area contributed by atoms with Crippen LogP contribution in [0.15, 0.2) is 11.1 Å². The van der Waals surface area contributed by atoms with Crippen molar-refractivity contribution in [2.45, 2.75) is 50.9 Å². The van der Waals surface area contributed by atoms with Gasteiger partial charge in [-0.1, -0.05) is 6.42 Å². The molecule has 0 saturated heterocycles. The number of aliphatic hydroxyl groups is 1. The molecule has 0 bridgehead atoms. The molecule has 1 aliphatic carbocycles. The average molecular weight is 334 g/mol. The monoisotopic (exact) mass is 334 g/mol. The fourth-order valence-electron chi connectivity index (χ4n) is 2.22. The highest BCUT2D eigenvalue weighted by Gasteiger charge is 2.62. The SMILES string of the molecule is CCOC(=O)C(O)(NC(=O)C(C#N)=C1CCCCC1)C(F)(F)F. The lowest BCUT2D eigenvalue weighted by molar-refractivity contribution is -0.271. The zero-order chi connectivity index (χ0) is 17.7. The zero-order valence-corrected chi connectivity index (χ0v) is 12.5. The number of nitrogens with one attached hydrogen (secondary N) is 1. The third kappa shape index (κ3) is 4.22. The highest BCUT2D eigenvalue weighted by molar-refractivity contribution is 6.01. The number of amides is 1. The van der Waals surface area contributed by atoms with Crippen molar-refractivity contribution >= 4 is 11.9 Å². The van der Waals surface area contributed by atoms with E-state index in [0.29, 0.717) is 18.4 Å². The van der Waals surface area contributed by atoms with Crippen LogP contribution in [0.25, 0.3) is 0 Å². The van der Waals surface area contributed by atoms with Crippen LogP contribution in [0, 0.1) is 11.3 Å². The maximum absolute atomic E-state index is 13.0. The number of alkyl halides is 3. The van der Waals surface area contributed by atoms with E-state index in [0.717, 1.165) is 19.3 Å². The molecular formula is C14H17F3N2O4. The van der Waals surface area contributed by atoms with Crippen LogP contribution in [0.4, 0.5) is 13.2 Å². The minimum atomic E-state index is -5.49. The van der Waals surface area contributed by atoms with Gasteiger partial charge in [-0.25, -0.2) is 4.79 Å². The molecule has 6 nitrogen and oxygen atoms in total. The molecule has 0 aromatic heterocycles. The van der Waals surface area contributed by atoms with Gasteiger partial charge in [0, 0.05) is 0 Å². The number of hydrogen-bond acceptors (Lipinski definition) is 5. The Bertz CT molecular complexity index is 543. The molecule has 0 aliphatic heterocycles. The van der Waals surface area contributed by atoms with Crippen LogP contribution >= 0.6 is 0 Å². The summed E-state index contributed by atoms with van der Waals surface area (Å²) in [5, 5.41) is 19.8. The van der Waals surface area contributed by atoms with Gasteiger partial charge in [-0.3, -0.25) is 4.79 Å². The maximum Gasteiger partial charge on any atom is 0.448 e. The Morgan fingerprint density at radius 3 is 2.30 bits per heavy atom. The summed E-state index contributed by atoms with van der Waals surface area (Å²) in [5.41, 5.74) is -4.28. The quantitative estimate of drug-likeness (QED) is 0.353. The zero-order valence-electron chi connectivity index (χ0n) is 12.5. The highest BCUT2D eigenvalue weighted by atomic mass is 19.4. The minimum Gasteiger partial charge on any atom is -0.462 e. The van der Waals surface area contributed by atoms with Crippen LogP contribution in [-0.4, -0.2) is 35.5 Å². The molecule has 1 rings (SSSR count). The second-order valence-electron chi connectivity index (χ2n) is 5.03. The largest absolute Gasteiger partial charge is 0.462 e. The number of ether oxygens (including phenoxy) is 1. The van der Waals surface area contributed by atoms with E-state index in [1.807, 2.05) is 0 Å². The van der Waals surface area contributed by atoms with Gasteiger partial charge in [0.2, 0.25) is 0 Å². The first-order chi connectivity index (χ1) is 10.7. The Morgan fingerprint density at radius 2 is 1.87 bits per heavy atom. The van der Waals surface area contributed by atoms with E-state index in [4.69, 9.17) is 5.26 Å². The van der Waals surface area contributed by atoms with E-state index in [2.05, 4.69) is 4.74 Å². The van der Waals surface area contributed by atoms with E-state index in [1.54, 1.807) is 6.07 Å². The summed E-state index contributed by atoms with van der Waals surface area (Å²) < 4.78 is 43.1. The maximum atomic E-state index is 13.0. The summed E-state index contributed by atoms with van der Waals surface area (Å²) in [4.78, 5) is 23.4. The van der Waals surface area contributed by atoms with Gasteiger partial charge in [-0.2, -0.15) is 18.4 Å². The lowest BCUT2D eigenvalue weighted by atomic mass is 9.91. The minimum absolute atomic E-state index is 0.417. The van der Waals surface area contributed by atoms with E-state index in [-0.39, 0.29) is 0 Å². The molecular weight excluding hydrogens is 317 g/mol. The molecule has 23 heavy (non-hydrogen) atoms. The molecule has 0 heterocycles. The third-order valence-electron chi connectivity index (χ3n) is 3.43. The highest BCUT2D eigenvalue weighted by Crippen LogP contribution is 2.31. The van der Waals surface area contributed by atoms with Crippen molar-refractivity contribution in [1.82, 2.24) is 5.32 Å². The standard InChI is InChI=1S/C14H17F3N2O4/c1-2-23-12(21)13(22,14(15,16)17)19-11(20)10(8-18)9-6-4-3-5-7-9/h22H,2-7H2,1H3,(H,19,20). The van der Waals surface area contributed by atoms with E-state index in [1.165, 1.54) is 12.2 Å². The third-order valence-corrected chi connectivity index (χ3v) is 3.43. The van der Waals surface area contributed by atoms with Crippen molar-refractivity contribution in [2.24, 2.45) is 0 Å². The molecule has 0 radical (unpaired) electrons. The Kier molecular flexibility index (Phi) is 6.15. The first-order valence-corrected chi connectivity index (χ1v) is 7.08. The number of carbonyl (C=O) groups excluding carboxylic acids is 2. The van der Waals surface area contributed by atoms with Crippen molar-refractivity contribution in [2.75, 3.05) is 6.61 Å². The van der Waals surface area contributed by atoms with Gasteiger partial charge in [0.05, 0.1) is 6.61 Å². The van der Waals surface area contributed by atoms with Gasteiger partial charge < -0.3 is 15.2 Å². The van der Waals surface area contributed by atoms with Crippen LogP contribution in [0.1, 0.15) is 39.0 Å². The van der Waals surface area contributed by atoms with Gasteiger partial charge in [-0.15, -0.1) is 0 Å². The van der Waals surface area contributed by atoms with Gasteiger partial charge in [0.1, 0.15) is 11.6 Å². The first-order valence-electron chi connectivity index (χ1n) is 7.08. The fraction of sp³-hybridized carbons (Fsp3) is 0.643. The second-order valence-corrected chi connectivity index (χ2v) is 5.03. The number of halogens is 3. The van der Waals surface area contributed by atoms with Gasteiger partial charge in [-0.05, 0) is 38.2 Å². The van der Waals surface area contributed by atoms with Gasteiger partial charge >= 0.3 is 17.9 Å². The number of nitriles is 1. The molecule has 0 spiro atoms. The molecule has 1 saturated carbocycles. The number of hydrogen-bond donors (Lipinski definition) is 2. The number of carbonyl (C=O) groups is 2. The van der Waals surface area contributed by atoms with E-state index < -0.39 is 36.0 Å². The van der Waals surface area contributed by atoms with Gasteiger partial charge in [0.15, 0.2) is 0 Å². The number of rotatable bonds is 4. The summed E-state index contributed by atoms with van der Waals surface area (Å²) in [6.07, 6.45) is -2.32. The summed E-state index contributed by atoms with van der Waals surface area (Å²) in [6.45, 7) is 0.834. The van der Waals surface area contributed by atoms with E-state index in [9.17, 15) is 27.9 Å². The van der Waals surface area contributed by atoms with Crippen molar-refractivity contribution in [3.05, 3.63) is 11.1 Å². The van der Waals surface area contributed by atoms with Crippen molar-refractivity contribution in [3.8, 4) is 6.07 Å². The average Bonchev–Trinajstić information content (AvgIpc) is 2.48. The molecule has 1 aliphatic rings. The molecule has 1 fully saturated rings. The molecule has 0 aromatic rings. The fourth-order valence-corrected chi connectivity index (χ4v) is 2.22. The van der Waals surface area contributed by atoms with E-state index >= 15 is 0 Å². The Balaban J connectivity index is 3.10. The molecule has 1 amide bonds. The summed E-state index contributed by atoms with van der Waals surface area (Å²) >= 11 is 0. The molecule has 1 atom stereocenters. The van der Waals surface area contributed by atoms with Gasteiger partial charge in [0.25, 0.3) is 5.91 Å². The summed E-state index contributed by atoms with van der Waals surface area (Å²) in [5.74, 6) is -3.50. The van der Waals surface area contributed by atoms with Crippen LogP contribution in [0.3, 0.4) is 0 Å². The van der Waals surface area contributed by atoms with Crippen molar-refractivity contribution < 1.29 is 32.6 Å². The Labute approximate surface area is 130 Å². The van der Waals surface area contributed by atoms with Crippen molar-refractivity contribution in [1.29, 1.82) is 5.26 Å². The predicted molar refractivity (Wildman–Crippen MR) is 71.5 cm³/mol. The molecule has 0 aromatic carbocycles. The molecule has 1 unspecified atom stereocenters. The summed E-state index contributed by atoms with van der Waals surface area (Å²) in [6, 6.07) is 1.55. The van der Waals surface area contributed by atoms with Crippen LogP contribution < -0.4 is 5.32 Å². The number of allylic oxidation sites excluding steroid dienone is 1. The normalized spacial score (nSPS) is 17.7. The van der Waals surface area contributed by atoms with Crippen molar-refractivity contribution in [3.63, 3.8) is 0 Å². The summed E-state index contributed by atoms with van der Waals surface area (Å²) in [7, 11) is 0. The van der Waals surface area contributed by atoms with Crippen LogP contribution in [0.2, 0.25) is 0 Å². The Hall–Kier alpha value is -2.08. The molecule has 2 N–H and O–H groups in total. The Morgan fingerprint density at radius 1 is 1.30 bits per heavy atom. The topological polar surface area (TPSA) is 99.4 Å². The van der Waals surface area contributed by atoms with Crippen LogP contribution in [-0.2, 0) is 14.3 Å².